The summed E-state index contributed by atoms with van der Waals surface area (Å²) in [6.45, 7) is 6.87. The minimum absolute atomic E-state index is 0.0263. The van der Waals surface area contributed by atoms with Crippen LogP contribution in [-0.4, -0.2) is 30.6 Å². The lowest BCUT2D eigenvalue weighted by Crippen LogP contribution is -2.41. The van der Waals surface area contributed by atoms with Crippen LogP contribution in [0.5, 0.6) is 0 Å². The fourth-order valence-electron chi connectivity index (χ4n) is 0.970. The number of nitrogens with one attached hydrogen (secondary N) is 1. The van der Waals surface area contributed by atoms with Crippen LogP contribution in [0.25, 0.3) is 0 Å². The second-order valence-electron chi connectivity index (χ2n) is 3.15. The van der Waals surface area contributed by atoms with Crippen LogP contribution in [0.15, 0.2) is 0 Å². The highest BCUT2D eigenvalue weighted by molar-refractivity contribution is 5.74. The molecule has 0 aliphatic rings. The molecule has 3 heteroatoms. The molecule has 0 aromatic rings. The topological polar surface area (TPSA) is 32.3 Å². The Morgan fingerprint density at radius 2 is 2.08 bits per heavy atom. The number of urea groups is 1. The maximum atomic E-state index is 11.3. The summed E-state index contributed by atoms with van der Waals surface area (Å²) >= 11 is 0. The standard InChI is InChI=1S/C9H20N2O/c1-5-7-8(3)10-9(12)11(4)6-2/h8H,5-7H2,1-4H3,(H,10,12). The van der Waals surface area contributed by atoms with Gasteiger partial charge in [-0.1, -0.05) is 13.3 Å². The van der Waals surface area contributed by atoms with Crippen molar-refractivity contribution in [3.8, 4) is 0 Å². The summed E-state index contributed by atoms with van der Waals surface area (Å²) in [5, 5.41) is 2.92. The average Bonchev–Trinajstić information content (AvgIpc) is 2.03. The molecule has 1 atom stereocenters. The number of amides is 2. The number of carbonyl (C=O) groups excluding carboxylic acids is 1. The van der Waals surface area contributed by atoms with Crippen molar-refractivity contribution < 1.29 is 4.79 Å². The number of carbonyl (C=O) groups is 1. The zero-order valence-corrected chi connectivity index (χ0v) is 8.55. The van der Waals surface area contributed by atoms with Gasteiger partial charge in [0, 0.05) is 19.6 Å². The van der Waals surface area contributed by atoms with Gasteiger partial charge in [0.25, 0.3) is 0 Å². The molecule has 0 heterocycles. The molecule has 72 valence electrons. The van der Waals surface area contributed by atoms with Crippen molar-refractivity contribution in [2.24, 2.45) is 0 Å². The highest BCUT2D eigenvalue weighted by Crippen LogP contribution is 1.95. The van der Waals surface area contributed by atoms with Gasteiger partial charge in [-0.05, 0) is 20.3 Å². The third kappa shape index (κ3) is 4.21. The van der Waals surface area contributed by atoms with Crippen LogP contribution >= 0.6 is 0 Å². The Balaban J connectivity index is 3.67. The molecule has 0 bridgehead atoms. The maximum absolute atomic E-state index is 11.3. The molecule has 0 rings (SSSR count). The number of rotatable bonds is 4. The van der Waals surface area contributed by atoms with Crippen LogP contribution < -0.4 is 5.32 Å². The predicted molar refractivity (Wildman–Crippen MR) is 51.2 cm³/mol. The largest absolute Gasteiger partial charge is 0.336 e. The number of hydrogen-bond donors (Lipinski definition) is 1. The minimum atomic E-state index is 0.0263. The zero-order valence-electron chi connectivity index (χ0n) is 8.55. The van der Waals surface area contributed by atoms with E-state index in [4.69, 9.17) is 0 Å². The molecule has 0 aliphatic heterocycles. The Labute approximate surface area is 75.1 Å². The van der Waals surface area contributed by atoms with Crippen LogP contribution in [-0.2, 0) is 0 Å². The van der Waals surface area contributed by atoms with Gasteiger partial charge >= 0.3 is 6.03 Å². The molecule has 0 radical (unpaired) electrons. The molecule has 0 spiro atoms. The van der Waals surface area contributed by atoms with Crippen LogP contribution in [0.4, 0.5) is 4.79 Å². The Morgan fingerprint density at radius 1 is 1.50 bits per heavy atom. The van der Waals surface area contributed by atoms with E-state index in [1.165, 1.54) is 0 Å². The van der Waals surface area contributed by atoms with Crippen LogP contribution in [0.3, 0.4) is 0 Å². The van der Waals surface area contributed by atoms with Crippen molar-refractivity contribution in [1.82, 2.24) is 10.2 Å². The van der Waals surface area contributed by atoms with Crippen LogP contribution in [0.1, 0.15) is 33.6 Å². The molecule has 0 saturated heterocycles. The highest BCUT2D eigenvalue weighted by atomic mass is 16.2. The van der Waals surface area contributed by atoms with Gasteiger partial charge in [0.1, 0.15) is 0 Å². The van der Waals surface area contributed by atoms with Crippen LogP contribution in [0.2, 0.25) is 0 Å². The number of hydrogen-bond acceptors (Lipinski definition) is 1. The zero-order chi connectivity index (χ0) is 9.56. The molecule has 12 heavy (non-hydrogen) atoms. The fourth-order valence-corrected chi connectivity index (χ4v) is 0.970. The predicted octanol–water partition coefficient (Wildman–Crippen LogP) is 1.84. The Kier molecular flexibility index (Phi) is 5.51. The molecule has 0 aliphatic carbocycles. The van der Waals surface area contributed by atoms with Crippen molar-refractivity contribution >= 4 is 6.03 Å². The quantitative estimate of drug-likeness (QED) is 0.689. The number of nitrogens with zero attached hydrogens (tertiary/aromatic N) is 1. The van der Waals surface area contributed by atoms with Gasteiger partial charge in [0.2, 0.25) is 0 Å². The van der Waals surface area contributed by atoms with Gasteiger partial charge in [0.15, 0.2) is 0 Å². The molecule has 2 amide bonds. The summed E-state index contributed by atoms with van der Waals surface area (Å²) in [5.41, 5.74) is 0. The van der Waals surface area contributed by atoms with Gasteiger partial charge in [-0.25, -0.2) is 4.79 Å². The summed E-state index contributed by atoms with van der Waals surface area (Å²) in [5.74, 6) is 0. The average molecular weight is 172 g/mol. The van der Waals surface area contributed by atoms with Gasteiger partial charge in [-0.3, -0.25) is 0 Å². The van der Waals surface area contributed by atoms with E-state index in [1.807, 2.05) is 13.8 Å². The molecular weight excluding hydrogens is 152 g/mol. The molecule has 0 aromatic carbocycles. The van der Waals surface area contributed by atoms with Gasteiger partial charge in [0.05, 0.1) is 0 Å². The first-order chi connectivity index (χ1) is 5.61. The van der Waals surface area contributed by atoms with Crippen molar-refractivity contribution in [1.29, 1.82) is 0 Å². The lowest BCUT2D eigenvalue weighted by Gasteiger charge is -2.19. The third-order valence-corrected chi connectivity index (χ3v) is 1.91. The first kappa shape index (κ1) is 11.3. The van der Waals surface area contributed by atoms with E-state index in [0.29, 0.717) is 0 Å². The third-order valence-electron chi connectivity index (χ3n) is 1.91. The lowest BCUT2D eigenvalue weighted by atomic mass is 10.2. The van der Waals surface area contributed by atoms with Crippen molar-refractivity contribution in [2.45, 2.75) is 39.7 Å². The van der Waals surface area contributed by atoms with E-state index in [2.05, 4.69) is 12.2 Å². The second-order valence-corrected chi connectivity index (χ2v) is 3.15. The fraction of sp³-hybridized carbons (Fsp3) is 0.889. The lowest BCUT2D eigenvalue weighted by molar-refractivity contribution is 0.207. The summed E-state index contributed by atoms with van der Waals surface area (Å²) in [7, 11) is 1.80. The molecule has 1 unspecified atom stereocenters. The molecule has 1 N–H and O–H groups in total. The Hall–Kier alpha value is -0.730. The molecule has 3 nitrogen and oxygen atoms in total. The van der Waals surface area contributed by atoms with E-state index in [0.717, 1.165) is 19.4 Å². The first-order valence-corrected chi connectivity index (χ1v) is 4.63. The Bertz CT molecular complexity index is 136. The summed E-state index contributed by atoms with van der Waals surface area (Å²) in [4.78, 5) is 12.9. The van der Waals surface area contributed by atoms with E-state index in [-0.39, 0.29) is 12.1 Å². The smallest absolute Gasteiger partial charge is 0.317 e. The molecular formula is C9H20N2O. The molecule has 0 aromatic heterocycles. The Morgan fingerprint density at radius 3 is 2.50 bits per heavy atom. The monoisotopic (exact) mass is 172 g/mol. The van der Waals surface area contributed by atoms with Crippen molar-refractivity contribution in [3.05, 3.63) is 0 Å². The van der Waals surface area contributed by atoms with Crippen LogP contribution in [0, 0.1) is 0 Å². The van der Waals surface area contributed by atoms with E-state index in [1.54, 1.807) is 11.9 Å². The second kappa shape index (κ2) is 5.86. The van der Waals surface area contributed by atoms with Gasteiger partial charge < -0.3 is 10.2 Å². The summed E-state index contributed by atoms with van der Waals surface area (Å²) in [6, 6.07) is 0.315. The SMILES string of the molecule is CCCC(C)NC(=O)N(C)CC. The normalized spacial score (nSPS) is 12.3. The minimum Gasteiger partial charge on any atom is -0.336 e. The molecule has 0 saturated carbocycles. The van der Waals surface area contributed by atoms with E-state index >= 15 is 0 Å². The van der Waals surface area contributed by atoms with E-state index < -0.39 is 0 Å². The van der Waals surface area contributed by atoms with Crippen molar-refractivity contribution in [3.63, 3.8) is 0 Å². The summed E-state index contributed by atoms with van der Waals surface area (Å²) < 4.78 is 0. The summed E-state index contributed by atoms with van der Waals surface area (Å²) in [6.07, 6.45) is 2.15. The first-order valence-electron chi connectivity index (χ1n) is 4.63. The van der Waals surface area contributed by atoms with Gasteiger partial charge in [-0.15, -0.1) is 0 Å². The van der Waals surface area contributed by atoms with Gasteiger partial charge in [-0.2, -0.15) is 0 Å². The molecule has 0 fully saturated rings. The van der Waals surface area contributed by atoms with Crippen molar-refractivity contribution in [2.75, 3.05) is 13.6 Å². The highest BCUT2D eigenvalue weighted by Gasteiger charge is 2.08. The maximum Gasteiger partial charge on any atom is 0.317 e. The van der Waals surface area contributed by atoms with E-state index in [9.17, 15) is 4.79 Å².